The molecule has 0 saturated heterocycles. The standard InChI is InChI=1S/C10H6ClN3O4/c11-5-3-1-2-4-6(5)14-8(10(17)18)7(9(15)16)12-13-14/h1-4H,(H,15,16)(H,17,18). The normalized spacial score (nSPS) is 10.3. The molecule has 0 aliphatic rings. The van der Waals surface area contributed by atoms with Gasteiger partial charge in [0.1, 0.15) is 0 Å². The molecule has 0 aliphatic heterocycles. The van der Waals surface area contributed by atoms with Crippen LogP contribution in [0.5, 0.6) is 0 Å². The van der Waals surface area contributed by atoms with Crippen LogP contribution < -0.4 is 0 Å². The van der Waals surface area contributed by atoms with Crippen molar-refractivity contribution in [1.29, 1.82) is 0 Å². The van der Waals surface area contributed by atoms with Crippen LogP contribution in [0.25, 0.3) is 5.69 Å². The van der Waals surface area contributed by atoms with E-state index < -0.39 is 23.3 Å². The second-order valence-corrected chi connectivity index (χ2v) is 3.67. The van der Waals surface area contributed by atoms with E-state index >= 15 is 0 Å². The van der Waals surface area contributed by atoms with Gasteiger partial charge in [-0.25, -0.2) is 14.3 Å². The number of aromatic carboxylic acids is 2. The largest absolute Gasteiger partial charge is 0.476 e. The van der Waals surface area contributed by atoms with E-state index in [9.17, 15) is 9.59 Å². The molecule has 0 amide bonds. The molecule has 18 heavy (non-hydrogen) atoms. The Morgan fingerprint density at radius 3 is 2.39 bits per heavy atom. The molecule has 0 saturated carbocycles. The van der Waals surface area contributed by atoms with Gasteiger partial charge in [-0.2, -0.15) is 0 Å². The summed E-state index contributed by atoms with van der Waals surface area (Å²) in [5.74, 6) is -2.91. The highest BCUT2D eigenvalue weighted by Gasteiger charge is 2.26. The quantitative estimate of drug-likeness (QED) is 0.869. The van der Waals surface area contributed by atoms with Gasteiger partial charge in [0.15, 0.2) is 5.69 Å². The molecule has 0 spiro atoms. The van der Waals surface area contributed by atoms with E-state index in [4.69, 9.17) is 21.8 Å². The minimum absolute atomic E-state index is 0.238. The second-order valence-electron chi connectivity index (χ2n) is 3.26. The molecule has 1 heterocycles. The lowest BCUT2D eigenvalue weighted by Gasteiger charge is -2.04. The fraction of sp³-hybridized carbons (Fsp3) is 0. The van der Waals surface area contributed by atoms with Crippen molar-refractivity contribution < 1.29 is 19.8 Å². The van der Waals surface area contributed by atoms with E-state index in [1.165, 1.54) is 12.1 Å². The van der Waals surface area contributed by atoms with Gasteiger partial charge in [-0.3, -0.25) is 0 Å². The van der Waals surface area contributed by atoms with Crippen LogP contribution in [0, 0.1) is 0 Å². The summed E-state index contributed by atoms with van der Waals surface area (Å²) >= 11 is 5.90. The van der Waals surface area contributed by atoms with Crippen molar-refractivity contribution in [1.82, 2.24) is 15.0 Å². The minimum Gasteiger partial charge on any atom is -0.476 e. The predicted molar refractivity (Wildman–Crippen MR) is 60.3 cm³/mol. The molecule has 0 radical (unpaired) electrons. The first kappa shape index (κ1) is 12.1. The Bertz CT molecular complexity index is 638. The first-order valence-corrected chi connectivity index (χ1v) is 5.07. The lowest BCUT2D eigenvalue weighted by Crippen LogP contribution is -2.12. The van der Waals surface area contributed by atoms with Gasteiger partial charge in [0.25, 0.3) is 0 Å². The molecule has 7 nitrogen and oxygen atoms in total. The van der Waals surface area contributed by atoms with Crippen molar-refractivity contribution in [3.05, 3.63) is 40.7 Å². The van der Waals surface area contributed by atoms with Crippen LogP contribution in [-0.2, 0) is 0 Å². The molecule has 1 aromatic heterocycles. The summed E-state index contributed by atoms with van der Waals surface area (Å²) in [5, 5.41) is 24.9. The molecule has 8 heteroatoms. The number of halogens is 1. The van der Waals surface area contributed by atoms with Crippen LogP contribution in [0.15, 0.2) is 24.3 Å². The summed E-state index contributed by atoms with van der Waals surface area (Å²) in [7, 11) is 0. The summed E-state index contributed by atoms with van der Waals surface area (Å²) in [6.45, 7) is 0. The average molecular weight is 268 g/mol. The van der Waals surface area contributed by atoms with Crippen molar-refractivity contribution in [3.63, 3.8) is 0 Å². The fourth-order valence-corrected chi connectivity index (χ4v) is 1.63. The van der Waals surface area contributed by atoms with Gasteiger partial charge in [0.05, 0.1) is 10.7 Å². The van der Waals surface area contributed by atoms with E-state index in [0.29, 0.717) is 0 Å². The van der Waals surface area contributed by atoms with Crippen molar-refractivity contribution in [2.75, 3.05) is 0 Å². The van der Waals surface area contributed by atoms with Crippen molar-refractivity contribution in [3.8, 4) is 5.69 Å². The molecule has 2 rings (SSSR count). The zero-order valence-electron chi connectivity index (χ0n) is 8.74. The molecule has 1 aromatic carbocycles. The number of aromatic nitrogens is 3. The maximum atomic E-state index is 11.1. The van der Waals surface area contributed by atoms with Crippen LogP contribution in [0.1, 0.15) is 21.0 Å². The predicted octanol–water partition coefficient (Wildman–Crippen LogP) is 1.32. The first-order valence-electron chi connectivity index (χ1n) is 4.69. The number of para-hydroxylation sites is 1. The summed E-state index contributed by atoms with van der Waals surface area (Å²) in [4.78, 5) is 21.9. The number of rotatable bonds is 3. The van der Waals surface area contributed by atoms with Gasteiger partial charge in [-0.05, 0) is 12.1 Å². The number of carboxylic acids is 2. The van der Waals surface area contributed by atoms with Gasteiger partial charge in [0.2, 0.25) is 5.69 Å². The van der Waals surface area contributed by atoms with Gasteiger partial charge in [-0.15, -0.1) is 5.10 Å². The van der Waals surface area contributed by atoms with Crippen molar-refractivity contribution >= 4 is 23.5 Å². The smallest absolute Gasteiger partial charge is 0.359 e. The lowest BCUT2D eigenvalue weighted by atomic mass is 10.2. The molecule has 0 unspecified atom stereocenters. The third kappa shape index (κ3) is 1.91. The Labute approximate surface area is 105 Å². The maximum absolute atomic E-state index is 11.1. The van der Waals surface area contributed by atoms with Gasteiger partial charge >= 0.3 is 11.9 Å². The van der Waals surface area contributed by atoms with E-state index in [2.05, 4.69) is 10.3 Å². The van der Waals surface area contributed by atoms with Gasteiger partial charge in [-0.1, -0.05) is 28.9 Å². The number of benzene rings is 1. The van der Waals surface area contributed by atoms with E-state index in [-0.39, 0.29) is 10.7 Å². The van der Waals surface area contributed by atoms with Crippen LogP contribution in [0.4, 0.5) is 0 Å². The van der Waals surface area contributed by atoms with E-state index in [0.717, 1.165) is 4.68 Å². The lowest BCUT2D eigenvalue weighted by molar-refractivity contribution is 0.0642. The van der Waals surface area contributed by atoms with Gasteiger partial charge < -0.3 is 10.2 Å². The van der Waals surface area contributed by atoms with Crippen molar-refractivity contribution in [2.45, 2.75) is 0 Å². The third-order valence-corrected chi connectivity index (χ3v) is 2.48. The molecule has 0 fully saturated rings. The summed E-state index contributed by atoms with van der Waals surface area (Å²) in [6.07, 6.45) is 0. The molecular weight excluding hydrogens is 262 g/mol. The van der Waals surface area contributed by atoms with Crippen LogP contribution in [0.2, 0.25) is 5.02 Å². The number of nitrogens with zero attached hydrogens (tertiary/aromatic N) is 3. The average Bonchev–Trinajstić information content (AvgIpc) is 2.74. The van der Waals surface area contributed by atoms with E-state index in [1.54, 1.807) is 12.1 Å². The Balaban J connectivity index is 2.70. The summed E-state index contributed by atoms with van der Waals surface area (Å²) in [5.41, 5.74) is -0.936. The summed E-state index contributed by atoms with van der Waals surface area (Å²) in [6, 6.07) is 6.32. The number of hydrogen-bond acceptors (Lipinski definition) is 4. The fourth-order valence-electron chi connectivity index (χ4n) is 1.41. The van der Waals surface area contributed by atoms with Gasteiger partial charge in [0, 0.05) is 0 Å². The molecule has 2 aromatic rings. The summed E-state index contributed by atoms with van der Waals surface area (Å²) < 4.78 is 0.883. The second kappa shape index (κ2) is 4.46. The number of carbonyl (C=O) groups is 2. The molecular formula is C10H6ClN3O4. The van der Waals surface area contributed by atoms with Crippen LogP contribution in [0.3, 0.4) is 0 Å². The SMILES string of the molecule is O=C(O)c1nnn(-c2ccccc2Cl)c1C(=O)O. The minimum atomic E-state index is -1.47. The zero-order valence-corrected chi connectivity index (χ0v) is 9.50. The highest BCUT2D eigenvalue weighted by molar-refractivity contribution is 6.32. The third-order valence-electron chi connectivity index (χ3n) is 2.16. The highest BCUT2D eigenvalue weighted by Crippen LogP contribution is 2.21. The highest BCUT2D eigenvalue weighted by atomic mass is 35.5. The first-order chi connectivity index (χ1) is 8.52. The zero-order chi connectivity index (χ0) is 13.3. The molecule has 2 N–H and O–H groups in total. The molecule has 92 valence electrons. The Kier molecular flexibility index (Phi) is 2.99. The maximum Gasteiger partial charge on any atom is 0.359 e. The van der Waals surface area contributed by atoms with Crippen molar-refractivity contribution in [2.24, 2.45) is 0 Å². The number of hydrogen-bond donors (Lipinski definition) is 2. The Morgan fingerprint density at radius 2 is 1.83 bits per heavy atom. The Morgan fingerprint density at radius 1 is 1.17 bits per heavy atom. The van der Waals surface area contributed by atoms with Crippen LogP contribution in [-0.4, -0.2) is 37.1 Å². The molecule has 0 atom stereocenters. The number of carboxylic acid groups (broad SMARTS) is 2. The molecule has 0 bridgehead atoms. The topological polar surface area (TPSA) is 105 Å². The Hall–Kier alpha value is -2.41. The van der Waals surface area contributed by atoms with Crippen LogP contribution >= 0.6 is 11.6 Å². The molecule has 0 aliphatic carbocycles. The van der Waals surface area contributed by atoms with E-state index in [1.807, 2.05) is 0 Å². The monoisotopic (exact) mass is 267 g/mol.